The van der Waals surface area contributed by atoms with Crippen LogP contribution in [0.3, 0.4) is 0 Å². The van der Waals surface area contributed by atoms with Crippen molar-refractivity contribution < 1.29 is 13.2 Å². The summed E-state index contributed by atoms with van der Waals surface area (Å²) in [6.07, 6.45) is 2.77. The van der Waals surface area contributed by atoms with Gasteiger partial charge in [-0.05, 0) is 56.9 Å². The second kappa shape index (κ2) is 7.66. The molecule has 146 valence electrons. The van der Waals surface area contributed by atoms with Gasteiger partial charge in [-0.25, -0.2) is 8.42 Å². The minimum absolute atomic E-state index is 0.206. The molecule has 0 unspecified atom stereocenters. The van der Waals surface area contributed by atoms with Gasteiger partial charge in [0.15, 0.2) is 0 Å². The maximum atomic E-state index is 13.1. The fourth-order valence-electron chi connectivity index (χ4n) is 3.49. The van der Waals surface area contributed by atoms with Gasteiger partial charge >= 0.3 is 0 Å². The van der Waals surface area contributed by atoms with Gasteiger partial charge in [-0.15, -0.1) is 0 Å². The molecule has 0 atom stereocenters. The maximum Gasteiger partial charge on any atom is 0.272 e. The zero-order valence-corrected chi connectivity index (χ0v) is 17.3. The Hall–Kier alpha value is -1.83. The summed E-state index contributed by atoms with van der Waals surface area (Å²) in [6.45, 7) is 6.27. The summed E-state index contributed by atoms with van der Waals surface area (Å²) in [5.41, 5.74) is 2.64. The first-order valence-electron chi connectivity index (χ1n) is 8.98. The van der Waals surface area contributed by atoms with Crippen LogP contribution in [-0.4, -0.2) is 36.7 Å². The minimum Gasteiger partial charge on any atom is -0.353 e. The number of piperidine rings is 1. The minimum atomic E-state index is -3.62. The molecule has 0 bridgehead atoms. The Kier molecular flexibility index (Phi) is 5.65. The molecule has 1 aromatic carbocycles. The largest absolute Gasteiger partial charge is 0.353 e. The number of benzene rings is 1. The van der Waals surface area contributed by atoms with E-state index in [-0.39, 0.29) is 16.5 Å². The highest BCUT2D eigenvalue weighted by molar-refractivity contribution is 7.89. The first-order valence-corrected chi connectivity index (χ1v) is 10.8. The van der Waals surface area contributed by atoms with Crippen LogP contribution in [0.25, 0.3) is 0 Å². The van der Waals surface area contributed by atoms with Crippen molar-refractivity contribution in [3.63, 3.8) is 0 Å². The zero-order valence-electron chi connectivity index (χ0n) is 15.7. The summed E-state index contributed by atoms with van der Waals surface area (Å²) in [4.78, 5) is 15.9. The van der Waals surface area contributed by atoms with Crippen molar-refractivity contribution in [3.05, 3.63) is 45.7 Å². The van der Waals surface area contributed by atoms with Crippen molar-refractivity contribution in [1.29, 1.82) is 0 Å². The Morgan fingerprint density at radius 3 is 2.48 bits per heavy atom. The SMILES string of the molecule is Cc1ccc(Cl)cc1NC(=O)c1[nH]c(C)c(S(=O)(=O)N2CCCCC2)c1C. The van der Waals surface area contributed by atoms with Crippen molar-refractivity contribution in [2.45, 2.75) is 44.9 Å². The van der Waals surface area contributed by atoms with Crippen LogP contribution in [0.4, 0.5) is 5.69 Å². The van der Waals surface area contributed by atoms with Crippen LogP contribution >= 0.6 is 11.6 Å². The number of carbonyl (C=O) groups excluding carboxylic acids is 1. The lowest BCUT2D eigenvalue weighted by atomic mass is 10.2. The van der Waals surface area contributed by atoms with Gasteiger partial charge in [0.25, 0.3) is 5.91 Å². The van der Waals surface area contributed by atoms with Crippen molar-refractivity contribution >= 4 is 33.2 Å². The van der Waals surface area contributed by atoms with Gasteiger partial charge in [0.05, 0.1) is 0 Å². The van der Waals surface area contributed by atoms with E-state index in [4.69, 9.17) is 11.6 Å². The van der Waals surface area contributed by atoms with Crippen molar-refractivity contribution in [2.75, 3.05) is 18.4 Å². The van der Waals surface area contributed by atoms with E-state index in [0.717, 1.165) is 24.8 Å². The Morgan fingerprint density at radius 1 is 1.15 bits per heavy atom. The van der Waals surface area contributed by atoms with E-state index in [1.165, 1.54) is 4.31 Å². The Bertz CT molecular complexity index is 976. The van der Waals surface area contributed by atoms with Crippen LogP contribution in [0.15, 0.2) is 23.1 Å². The monoisotopic (exact) mass is 409 g/mol. The van der Waals surface area contributed by atoms with Gasteiger partial charge in [-0.1, -0.05) is 24.1 Å². The Labute approximate surface area is 165 Å². The number of carbonyl (C=O) groups is 1. The molecule has 1 aliphatic rings. The first kappa shape index (κ1) is 19.9. The van der Waals surface area contributed by atoms with E-state index in [2.05, 4.69) is 10.3 Å². The molecule has 2 aromatic rings. The molecule has 27 heavy (non-hydrogen) atoms. The molecule has 0 spiro atoms. The second-order valence-electron chi connectivity index (χ2n) is 6.96. The van der Waals surface area contributed by atoms with Gasteiger partial charge in [0.1, 0.15) is 10.6 Å². The fourth-order valence-corrected chi connectivity index (χ4v) is 5.59. The quantitative estimate of drug-likeness (QED) is 0.799. The molecule has 1 saturated heterocycles. The van der Waals surface area contributed by atoms with E-state index in [0.29, 0.717) is 35.1 Å². The number of halogens is 1. The van der Waals surface area contributed by atoms with Crippen molar-refractivity contribution in [2.24, 2.45) is 0 Å². The van der Waals surface area contributed by atoms with E-state index in [1.54, 1.807) is 26.0 Å². The van der Waals surface area contributed by atoms with E-state index in [9.17, 15) is 13.2 Å². The highest BCUT2D eigenvalue weighted by atomic mass is 35.5. The normalized spacial score (nSPS) is 15.7. The molecule has 3 rings (SSSR count). The number of nitrogens with one attached hydrogen (secondary N) is 2. The number of H-pyrrole nitrogens is 1. The third kappa shape index (κ3) is 3.90. The van der Waals surface area contributed by atoms with Crippen LogP contribution in [0.1, 0.15) is 46.6 Å². The van der Waals surface area contributed by atoms with Gasteiger partial charge in [0, 0.05) is 29.5 Å². The topological polar surface area (TPSA) is 82.3 Å². The average molecular weight is 410 g/mol. The summed E-state index contributed by atoms with van der Waals surface area (Å²) in [6, 6.07) is 5.24. The van der Waals surface area contributed by atoms with Crippen LogP contribution in [-0.2, 0) is 10.0 Å². The molecule has 0 radical (unpaired) electrons. The maximum absolute atomic E-state index is 13.1. The van der Waals surface area contributed by atoms with Gasteiger partial charge in [-0.2, -0.15) is 4.31 Å². The van der Waals surface area contributed by atoms with Crippen LogP contribution < -0.4 is 5.32 Å². The van der Waals surface area contributed by atoms with Crippen LogP contribution in [0.5, 0.6) is 0 Å². The van der Waals surface area contributed by atoms with Gasteiger partial charge < -0.3 is 10.3 Å². The number of rotatable bonds is 4. The molecule has 1 amide bonds. The van der Waals surface area contributed by atoms with Crippen LogP contribution in [0, 0.1) is 20.8 Å². The summed E-state index contributed by atoms with van der Waals surface area (Å²) in [5.74, 6) is -0.388. The fraction of sp³-hybridized carbons (Fsp3) is 0.421. The van der Waals surface area contributed by atoms with Crippen molar-refractivity contribution in [1.82, 2.24) is 9.29 Å². The summed E-state index contributed by atoms with van der Waals surface area (Å²) in [7, 11) is -3.62. The second-order valence-corrected chi connectivity index (χ2v) is 9.27. The number of sulfonamides is 1. The lowest BCUT2D eigenvalue weighted by Gasteiger charge is -2.26. The Balaban J connectivity index is 1.93. The third-order valence-electron chi connectivity index (χ3n) is 4.96. The smallest absolute Gasteiger partial charge is 0.272 e. The number of aromatic amines is 1. The molecular formula is C19H24ClN3O3S. The summed E-state index contributed by atoms with van der Waals surface area (Å²) in [5, 5.41) is 3.33. The van der Waals surface area contributed by atoms with Gasteiger partial charge in [0.2, 0.25) is 10.0 Å². The molecule has 2 N–H and O–H groups in total. The highest BCUT2D eigenvalue weighted by Crippen LogP contribution is 2.29. The zero-order chi connectivity index (χ0) is 19.8. The average Bonchev–Trinajstić information content (AvgIpc) is 2.94. The molecule has 2 heterocycles. The highest BCUT2D eigenvalue weighted by Gasteiger charge is 2.32. The van der Waals surface area contributed by atoms with Crippen molar-refractivity contribution in [3.8, 4) is 0 Å². The summed E-state index contributed by atoms with van der Waals surface area (Å²) < 4.78 is 27.7. The molecule has 1 fully saturated rings. The number of aromatic nitrogens is 1. The lowest BCUT2D eigenvalue weighted by molar-refractivity contribution is 0.102. The summed E-state index contributed by atoms with van der Waals surface area (Å²) >= 11 is 6.01. The van der Waals surface area contributed by atoms with E-state index >= 15 is 0 Å². The molecular weight excluding hydrogens is 386 g/mol. The third-order valence-corrected chi connectivity index (χ3v) is 7.36. The predicted molar refractivity (Wildman–Crippen MR) is 107 cm³/mol. The number of anilines is 1. The standard InChI is InChI=1S/C19H24ClN3O3S/c1-12-7-8-15(20)11-16(12)22-19(24)17-13(2)18(14(3)21-17)27(25,26)23-9-5-4-6-10-23/h7-8,11,21H,4-6,9-10H2,1-3H3,(H,22,24). The number of nitrogens with zero attached hydrogens (tertiary/aromatic N) is 1. The predicted octanol–water partition coefficient (Wildman–Crippen LogP) is 4.02. The number of amides is 1. The molecule has 0 saturated carbocycles. The van der Waals surface area contributed by atoms with E-state index < -0.39 is 10.0 Å². The van der Waals surface area contributed by atoms with Crippen LogP contribution in [0.2, 0.25) is 5.02 Å². The van der Waals surface area contributed by atoms with E-state index in [1.807, 2.05) is 13.0 Å². The molecule has 0 aliphatic carbocycles. The molecule has 6 nitrogen and oxygen atoms in total. The first-order chi connectivity index (χ1) is 12.7. The Morgan fingerprint density at radius 2 is 1.81 bits per heavy atom. The molecule has 8 heteroatoms. The lowest BCUT2D eigenvalue weighted by Crippen LogP contribution is -2.36. The molecule has 1 aromatic heterocycles. The number of aryl methyl sites for hydroxylation is 2. The number of hydrogen-bond acceptors (Lipinski definition) is 3. The molecule has 1 aliphatic heterocycles. The number of hydrogen-bond donors (Lipinski definition) is 2. The van der Waals surface area contributed by atoms with Gasteiger partial charge in [-0.3, -0.25) is 4.79 Å².